The summed E-state index contributed by atoms with van der Waals surface area (Å²) < 4.78 is 6.63. The Kier molecular flexibility index (Phi) is 5.13. The molecule has 0 aromatic rings. The van der Waals surface area contributed by atoms with E-state index in [9.17, 15) is 5.11 Å². The quantitative estimate of drug-likeness (QED) is 0.498. The SMILES string of the molecule is [C-]#[N+]C1C2C(CCC1(C)O)C(C)([N+]#[C-])CCC2C1(C)CCC(Cl)C(C)(C)O1. The molecular formula is C22H33ClN2O2. The summed E-state index contributed by atoms with van der Waals surface area (Å²) in [7, 11) is 0. The van der Waals surface area contributed by atoms with Crippen molar-refractivity contribution in [2.75, 3.05) is 0 Å². The molecule has 0 spiro atoms. The Morgan fingerprint density at radius 1 is 0.963 bits per heavy atom. The molecule has 8 unspecified atom stereocenters. The van der Waals surface area contributed by atoms with Crippen LogP contribution in [0.4, 0.5) is 0 Å². The number of aliphatic hydroxyl groups is 1. The van der Waals surface area contributed by atoms with E-state index in [-0.39, 0.29) is 28.7 Å². The van der Waals surface area contributed by atoms with Crippen molar-refractivity contribution in [2.24, 2.45) is 17.8 Å². The topological polar surface area (TPSA) is 38.2 Å². The fourth-order valence-electron chi connectivity index (χ4n) is 6.29. The fourth-order valence-corrected chi connectivity index (χ4v) is 6.44. The maximum absolute atomic E-state index is 11.0. The summed E-state index contributed by atoms with van der Waals surface area (Å²) in [4.78, 5) is 7.95. The Morgan fingerprint density at radius 2 is 1.59 bits per heavy atom. The minimum atomic E-state index is -1.00. The molecule has 4 nitrogen and oxygen atoms in total. The zero-order valence-corrected chi connectivity index (χ0v) is 18.0. The Balaban J connectivity index is 2.03. The number of rotatable bonds is 1. The van der Waals surface area contributed by atoms with Gasteiger partial charge >= 0.3 is 0 Å². The fraction of sp³-hybridized carbons (Fsp3) is 0.909. The molecule has 0 radical (unpaired) electrons. The maximum Gasteiger partial charge on any atom is 0.255 e. The van der Waals surface area contributed by atoms with Crippen molar-refractivity contribution < 1.29 is 9.84 Å². The van der Waals surface area contributed by atoms with Crippen LogP contribution in [-0.2, 0) is 4.74 Å². The number of nitrogens with zero attached hydrogens (tertiary/aromatic N) is 2. The van der Waals surface area contributed by atoms with Gasteiger partial charge in [0.1, 0.15) is 5.60 Å². The number of fused-ring (bicyclic) bond motifs is 1. The van der Waals surface area contributed by atoms with Crippen LogP contribution in [0.2, 0.25) is 0 Å². The predicted octanol–water partition coefficient (Wildman–Crippen LogP) is 5.09. The van der Waals surface area contributed by atoms with E-state index in [0.29, 0.717) is 6.42 Å². The zero-order chi connectivity index (χ0) is 20.3. The molecule has 8 atom stereocenters. The third kappa shape index (κ3) is 3.29. The Labute approximate surface area is 169 Å². The first-order valence-electron chi connectivity index (χ1n) is 10.2. The lowest BCUT2D eigenvalue weighted by Crippen LogP contribution is -2.64. The largest absolute Gasteiger partial charge is 0.382 e. The van der Waals surface area contributed by atoms with Gasteiger partial charge in [0.15, 0.2) is 0 Å². The normalized spacial score (nSPS) is 52.3. The van der Waals surface area contributed by atoms with Gasteiger partial charge in [-0.1, -0.05) is 0 Å². The lowest BCUT2D eigenvalue weighted by molar-refractivity contribution is -0.217. The molecule has 1 saturated heterocycles. The predicted molar refractivity (Wildman–Crippen MR) is 107 cm³/mol. The van der Waals surface area contributed by atoms with Crippen molar-refractivity contribution in [2.45, 2.75) is 107 Å². The van der Waals surface area contributed by atoms with Crippen molar-refractivity contribution in [1.82, 2.24) is 0 Å². The Morgan fingerprint density at radius 3 is 2.15 bits per heavy atom. The minimum absolute atomic E-state index is 0.0215. The van der Waals surface area contributed by atoms with Crippen molar-refractivity contribution >= 4 is 11.6 Å². The second-order valence-corrected chi connectivity index (χ2v) is 10.8. The van der Waals surface area contributed by atoms with Crippen molar-refractivity contribution in [3.63, 3.8) is 0 Å². The van der Waals surface area contributed by atoms with Crippen LogP contribution in [0.25, 0.3) is 9.69 Å². The van der Waals surface area contributed by atoms with E-state index in [1.165, 1.54) is 0 Å². The first kappa shape index (κ1) is 20.9. The van der Waals surface area contributed by atoms with Crippen LogP contribution < -0.4 is 0 Å². The number of hydrogen-bond donors (Lipinski definition) is 1. The van der Waals surface area contributed by atoms with E-state index >= 15 is 0 Å². The minimum Gasteiger partial charge on any atom is -0.382 e. The van der Waals surface area contributed by atoms with Crippen molar-refractivity contribution in [3.05, 3.63) is 22.8 Å². The van der Waals surface area contributed by atoms with Crippen LogP contribution in [0, 0.1) is 30.9 Å². The van der Waals surface area contributed by atoms with Crippen LogP contribution in [0.15, 0.2) is 0 Å². The van der Waals surface area contributed by atoms with Crippen LogP contribution in [0.1, 0.15) is 73.1 Å². The van der Waals surface area contributed by atoms with E-state index in [1.807, 2.05) is 0 Å². The van der Waals surface area contributed by atoms with Gasteiger partial charge in [0.25, 0.3) is 6.04 Å². The molecule has 0 bridgehead atoms. The highest BCUT2D eigenvalue weighted by Crippen LogP contribution is 2.58. The molecule has 3 fully saturated rings. The average Bonchev–Trinajstić information content (AvgIpc) is 2.57. The molecule has 0 amide bonds. The van der Waals surface area contributed by atoms with Crippen LogP contribution in [-0.4, -0.2) is 38.9 Å². The van der Waals surface area contributed by atoms with Gasteiger partial charge in [-0.15, -0.1) is 11.6 Å². The van der Waals surface area contributed by atoms with Gasteiger partial charge in [-0.05, 0) is 65.7 Å². The van der Waals surface area contributed by atoms with Gasteiger partial charge in [0.05, 0.1) is 22.5 Å². The number of halogens is 1. The molecule has 27 heavy (non-hydrogen) atoms. The van der Waals surface area contributed by atoms with E-state index < -0.39 is 22.8 Å². The second-order valence-electron chi connectivity index (χ2n) is 10.3. The maximum atomic E-state index is 11.0. The highest BCUT2D eigenvalue weighted by Gasteiger charge is 2.66. The smallest absolute Gasteiger partial charge is 0.255 e. The molecule has 1 aliphatic heterocycles. The third-order valence-electron chi connectivity index (χ3n) is 7.98. The molecule has 2 saturated carbocycles. The molecule has 3 aliphatic rings. The molecule has 150 valence electrons. The number of alkyl halides is 1. The van der Waals surface area contributed by atoms with Gasteiger partial charge < -0.3 is 19.5 Å². The van der Waals surface area contributed by atoms with E-state index in [1.54, 1.807) is 6.92 Å². The van der Waals surface area contributed by atoms with Crippen LogP contribution in [0.5, 0.6) is 0 Å². The summed E-state index contributed by atoms with van der Waals surface area (Å²) >= 11 is 6.53. The Bertz CT molecular complexity index is 679. The average molecular weight is 393 g/mol. The highest BCUT2D eigenvalue weighted by atomic mass is 35.5. The lowest BCUT2D eigenvalue weighted by Gasteiger charge is -2.57. The van der Waals surface area contributed by atoms with Gasteiger partial charge in [-0.25, -0.2) is 13.1 Å². The van der Waals surface area contributed by atoms with Gasteiger partial charge in [-0.3, -0.25) is 0 Å². The number of hydrogen-bond acceptors (Lipinski definition) is 2. The Hall–Kier alpha value is -0.810. The third-order valence-corrected chi connectivity index (χ3v) is 8.72. The van der Waals surface area contributed by atoms with Crippen LogP contribution >= 0.6 is 11.6 Å². The molecule has 5 heteroatoms. The highest BCUT2D eigenvalue weighted by molar-refractivity contribution is 6.21. The van der Waals surface area contributed by atoms with E-state index in [0.717, 1.165) is 32.1 Å². The van der Waals surface area contributed by atoms with Gasteiger partial charge in [0.2, 0.25) is 5.54 Å². The summed E-state index contributed by atoms with van der Waals surface area (Å²) in [6.45, 7) is 25.8. The molecular weight excluding hydrogens is 360 g/mol. The molecule has 1 heterocycles. The molecule has 0 aromatic carbocycles. The molecule has 0 aromatic heterocycles. The summed E-state index contributed by atoms with van der Waals surface area (Å²) in [6.07, 6.45) is 4.83. The first-order valence-corrected chi connectivity index (χ1v) is 10.7. The molecule has 3 rings (SSSR count). The van der Waals surface area contributed by atoms with Gasteiger partial charge in [-0.2, -0.15) is 0 Å². The summed E-state index contributed by atoms with van der Waals surface area (Å²) in [5.41, 5.74) is -2.25. The molecule has 2 aliphatic carbocycles. The summed E-state index contributed by atoms with van der Waals surface area (Å²) in [5, 5.41) is 11.0. The zero-order valence-electron chi connectivity index (χ0n) is 17.3. The number of ether oxygens (including phenoxy) is 1. The van der Waals surface area contributed by atoms with E-state index in [2.05, 4.69) is 37.4 Å². The molecule has 1 N–H and O–H groups in total. The van der Waals surface area contributed by atoms with E-state index in [4.69, 9.17) is 29.5 Å². The first-order chi connectivity index (χ1) is 12.4. The monoisotopic (exact) mass is 392 g/mol. The van der Waals surface area contributed by atoms with Crippen molar-refractivity contribution in [1.29, 1.82) is 0 Å². The van der Waals surface area contributed by atoms with Crippen molar-refractivity contribution in [3.8, 4) is 0 Å². The van der Waals surface area contributed by atoms with Crippen LogP contribution in [0.3, 0.4) is 0 Å². The summed E-state index contributed by atoms with van der Waals surface area (Å²) in [6, 6.07) is -0.486. The summed E-state index contributed by atoms with van der Waals surface area (Å²) in [5.74, 6) is 0.267. The lowest BCUT2D eigenvalue weighted by atomic mass is 9.51. The van der Waals surface area contributed by atoms with Gasteiger partial charge in [0, 0.05) is 19.3 Å². The standard InChI is InChI=1S/C22H33ClN2O2/c1-19(2)16(23)10-13-22(5,27-19)15-8-11-20(3,25-7)14-9-12-21(4,26)18(24-6)17(14)15/h14-18,26H,8-13H2,1-5H3. The second kappa shape index (κ2) is 6.62.